The van der Waals surface area contributed by atoms with Crippen LogP contribution in [0.4, 0.5) is 0 Å². The smallest absolute Gasteiger partial charge is 0.0894 e. The molecule has 17 heavy (non-hydrogen) atoms. The van der Waals surface area contributed by atoms with Gasteiger partial charge in [0.05, 0.1) is 25.6 Å². The van der Waals surface area contributed by atoms with Crippen LogP contribution in [0.5, 0.6) is 0 Å². The Kier molecular flexibility index (Phi) is 2.76. The number of aromatic nitrogens is 2. The molecule has 0 aliphatic carbocycles. The Morgan fingerprint density at radius 3 is 2.65 bits per heavy atom. The van der Waals surface area contributed by atoms with Crippen molar-refractivity contribution >= 4 is 54.5 Å². The Morgan fingerprint density at radius 1 is 1.06 bits per heavy atom. The number of fused-ring (bicyclic) bond motifs is 3. The van der Waals surface area contributed by atoms with Crippen molar-refractivity contribution in [2.75, 3.05) is 0 Å². The van der Waals surface area contributed by atoms with Crippen molar-refractivity contribution in [2.24, 2.45) is 0 Å². The fourth-order valence-electron chi connectivity index (χ4n) is 1.96. The summed E-state index contributed by atoms with van der Waals surface area (Å²) in [5.74, 6) is 0. The van der Waals surface area contributed by atoms with Crippen LogP contribution in [0.25, 0.3) is 22.6 Å². The highest BCUT2D eigenvalue weighted by Crippen LogP contribution is 2.23. The highest BCUT2D eigenvalue weighted by atomic mass is 79.9. The third-order valence-corrected chi connectivity index (χ3v) is 3.10. The standard InChI is InChI=1S/C13H8Br2N2/c14-13(15)8-10-12-6-3-7-17(12)11-5-2-1-4-9(11)16-10/h1-8H. The van der Waals surface area contributed by atoms with Crippen molar-refractivity contribution in [1.82, 2.24) is 9.38 Å². The molecule has 0 atom stereocenters. The summed E-state index contributed by atoms with van der Waals surface area (Å²) in [5, 5.41) is 0. The van der Waals surface area contributed by atoms with E-state index in [0.717, 1.165) is 25.6 Å². The van der Waals surface area contributed by atoms with E-state index in [1.165, 1.54) is 0 Å². The van der Waals surface area contributed by atoms with Gasteiger partial charge in [0, 0.05) is 6.20 Å². The van der Waals surface area contributed by atoms with Gasteiger partial charge < -0.3 is 4.40 Å². The Bertz CT molecular complexity index is 724. The van der Waals surface area contributed by atoms with Gasteiger partial charge in [-0.2, -0.15) is 0 Å². The van der Waals surface area contributed by atoms with Crippen LogP contribution in [-0.4, -0.2) is 9.38 Å². The van der Waals surface area contributed by atoms with Crippen molar-refractivity contribution in [3.05, 3.63) is 51.7 Å². The summed E-state index contributed by atoms with van der Waals surface area (Å²) in [6.45, 7) is 0. The fraction of sp³-hybridized carbons (Fsp3) is 0. The van der Waals surface area contributed by atoms with E-state index >= 15 is 0 Å². The minimum atomic E-state index is 0.885. The van der Waals surface area contributed by atoms with E-state index in [1.54, 1.807) is 0 Å². The van der Waals surface area contributed by atoms with Crippen LogP contribution in [-0.2, 0) is 0 Å². The number of halogens is 2. The lowest BCUT2D eigenvalue weighted by Gasteiger charge is -2.05. The van der Waals surface area contributed by atoms with E-state index in [4.69, 9.17) is 0 Å². The number of para-hydroxylation sites is 2. The average molecular weight is 352 g/mol. The van der Waals surface area contributed by atoms with Gasteiger partial charge in [0.1, 0.15) is 0 Å². The molecule has 3 aromatic rings. The maximum Gasteiger partial charge on any atom is 0.0894 e. The minimum Gasteiger partial charge on any atom is -0.313 e. The first-order chi connectivity index (χ1) is 8.25. The molecule has 2 heterocycles. The summed E-state index contributed by atoms with van der Waals surface area (Å²) in [6, 6.07) is 12.2. The van der Waals surface area contributed by atoms with Crippen LogP contribution in [0.3, 0.4) is 0 Å². The Labute approximate surface area is 115 Å². The normalized spacial score (nSPS) is 10.9. The molecule has 0 amide bonds. The molecule has 2 aromatic heterocycles. The second kappa shape index (κ2) is 4.27. The number of hydrogen-bond donors (Lipinski definition) is 0. The number of benzene rings is 1. The van der Waals surface area contributed by atoms with E-state index in [-0.39, 0.29) is 0 Å². The molecule has 3 rings (SSSR count). The molecule has 0 bridgehead atoms. The summed E-state index contributed by atoms with van der Waals surface area (Å²) in [5.41, 5.74) is 4.15. The lowest BCUT2D eigenvalue weighted by molar-refractivity contribution is 1.22. The van der Waals surface area contributed by atoms with Crippen molar-refractivity contribution in [2.45, 2.75) is 0 Å². The molecule has 0 saturated heterocycles. The van der Waals surface area contributed by atoms with Crippen molar-refractivity contribution < 1.29 is 0 Å². The second-order valence-corrected chi connectivity index (χ2v) is 6.46. The Balaban J connectivity index is 2.48. The first kappa shape index (κ1) is 11.0. The van der Waals surface area contributed by atoms with Gasteiger partial charge in [-0.15, -0.1) is 0 Å². The Morgan fingerprint density at radius 2 is 1.82 bits per heavy atom. The zero-order valence-electron chi connectivity index (χ0n) is 8.77. The molecular formula is C13H8Br2N2. The summed E-state index contributed by atoms with van der Waals surface area (Å²) in [4.78, 5) is 4.66. The summed E-state index contributed by atoms with van der Waals surface area (Å²) in [7, 11) is 0. The van der Waals surface area contributed by atoms with E-state index in [0.29, 0.717) is 0 Å². The van der Waals surface area contributed by atoms with Gasteiger partial charge in [-0.1, -0.05) is 12.1 Å². The topological polar surface area (TPSA) is 17.3 Å². The average Bonchev–Trinajstić information content (AvgIpc) is 2.78. The quantitative estimate of drug-likeness (QED) is 0.627. The number of rotatable bonds is 1. The number of nitrogens with zero attached hydrogens (tertiary/aromatic N) is 2. The van der Waals surface area contributed by atoms with Crippen LogP contribution in [0.15, 0.2) is 46.0 Å². The predicted octanol–water partition coefficient (Wildman–Crippen LogP) is 4.58. The molecule has 84 valence electrons. The third-order valence-electron chi connectivity index (χ3n) is 2.64. The van der Waals surface area contributed by atoms with E-state index in [2.05, 4.69) is 59.6 Å². The van der Waals surface area contributed by atoms with Gasteiger partial charge >= 0.3 is 0 Å². The molecule has 2 nitrogen and oxygen atoms in total. The van der Waals surface area contributed by atoms with E-state index in [9.17, 15) is 0 Å². The maximum absolute atomic E-state index is 4.66. The summed E-state index contributed by atoms with van der Waals surface area (Å²) >= 11 is 6.76. The molecule has 0 aliphatic rings. The lowest BCUT2D eigenvalue weighted by Crippen LogP contribution is -1.93. The first-order valence-corrected chi connectivity index (χ1v) is 6.73. The molecule has 0 fully saturated rings. The molecule has 4 heteroatoms. The van der Waals surface area contributed by atoms with Crippen LogP contribution in [0, 0.1) is 0 Å². The molecule has 0 N–H and O–H groups in total. The minimum absolute atomic E-state index is 0.885. The van der Waals surface area contributed by atoms with Crippen LogP contribution in [0.1, 0.15) is 5.69 Å². The molecule has 0 saturated carbocycles. The molecule has 0 spiro atoms. The fourth-order valence-corrected chi connectivity index (χ4v) is 2.39. The van der Waals surface area contributed by atoms with Crippen molar-refractivity contribution in [3.8, 4) is 0 Å². The largest absolute Gasteiger partial charge is 0.313 e. The van der Waals surface area contributed by atoms with E-state index in [1.807, 2.05) is 30.3 Å². The molecular weight excluding hydrogens is 344 g/mol. The van der Waals surface area contributed by atoms with Gasteiger partial charge in [0.15, 0.2) is 0 Å². The zero-order valence-corrected chi connectivity index (χ0v) is 11.9. The Hall–Kier alpha value is -1.13. The monoisotopic (exact) mass is 350 g/mol. The van der Waals surface area contributed by atoms with Crippen molar-refractivity contribution in [1.29, 1.82) is 0 Å². The van der Waals surface area contributed by atoms with Gasteiger partial charge in [-0.3, -0.25) is 0 Å². The van der Waals surface area contributed by atoms with Crippen LogP contribution >= 0.6 is 31.9 Å². The highest BCUT2D eigenvalue weighted by molar-refractivity contribution is 9.28. The highest BCUT2D eigenvalue weighted by Gasteiger charge is 2.05. The summed E-state index contributed by atoms with van der Waals surface area (Å²) < 4.78 is 3.03. The lowest BCUT2D eigenvalue weighted by atomic mass is 10.2. The van der Waals surface area contributed by atoms with Crippen molar-refractivity contribution in [3.63, 3.8) is 0 Å². The van der Waals surface area contributed by atoms with E-state index < -0.39 is 0 Å². The van der Waals surface area contributed by atoms with Gasteiger partial charge in [0.25, 0.3) is 0 Å². The third kappa shape index (κ3) is 1.91. The van der Waals surface area contributed by atoms with Gasteiger partial charge in [0.2, 0.25) is 0 Å². The SMILES string of the molecule is BrC(Br)=Cc1nc2ccccc2n2cccc12. The van der Waals surface area contributed by atoms with Gasteiger partial charge in [-0.25, -0.2) is 4.98 Å². The molecule has 0 aliphatic heterocycles. The molecule has 1 aromatic carbocycles. The first-order valence-electron chi connectivity index (χ1n) is 5.14. The zero-order chi connectivity index (χ0) is 11.8. The van der Waals surface area contributed by atoms with Gasteiger partial charge in [-0.05, 0) is 62.2 Å². The van der Waals surface area contributed by atoms with Crippen LogP contribution in [0.2, 0.25) is 0 Å². The molecule has 0 unspecified atom stereocenters. The number of hydrogen-bond acceptors (Lipinski definition) is 1. The second-order valence-electron chi connectivity index (χ2n) is 3.68. The maximum atomic E-state index is 4.66. The predicted molar refractivity (Wildman–Crippen MR) is 78.5 cm³/mol. The molecule has 0 radical (unpaired) electrons. The summed E-state index contributed by atoms with van der Waals surface area (Å²) in [6.07, 6.45) is 4.01. The van der Waals surface area contributed by atoms with Crippen LogP contribution < -0.4 is 0 Å².